The first kappa shape index (κ1) is 23.4. The second kappa shape index (κ2) is 11.9. The molecule has 2 heterocycles. The van der Waals surface area contributed by atoms with Crippen molar-refractivity contribution in [1.29, 1.82) is 0 Å². The monoisotopic (exact) mass is 453 g/mol. The molecule has 3 rings (SSSR count). The first-order valence-corrected chi connectivity index (χ1v) is 10.4. The third kappa shape index (κ3) is 5.37. The van der Waals surface area contributed by atoms with Gasteiger partial charge in [0.05, 0.1) is 12.1 Å². The second-order valence-electron chi connectivity index (χ2n) is 5.49. The van der Waals surface area contributed by atoms with Crippen LogP contribution in [0.15, 0.2) is 30.5 Å². The van der Waals surface area contributed by atoms with Gasteiger partial charge in [-0.25, -0.2) is 0 Å². The Morgan fingerprint density at radius 2 is 1.67 bits per heavy atom. The summed E-state index contributed by atoms with van der Waals surface area (Å²) in [5, 5.41) is 1.05. The van der Waals surface area contributed by atoms with E-state index in [0.717, 1.165) is 10.9 Å². The summed E-state index contributed by atoms with van der Waals surface area (Å²) >= 11 is 0. The van der Waals surface area contributed by atoms with E-state index < -0.39 is 30.7 Å². The maximum atomic E-state index is 6.13. The molecule has 11 heteroatoms. The van der Waals surface area contributed by atoms with Gasteiger partial charge in [-0.05, 0) is 12.1 Å². The number of fused-ring (bicyclic) bond motifs is 1. The molecule has 1 aliphatic heterocycles. The fourth-order valence-corrected chi connectivity index (χ4v) is 4.06. The number of H-pyrrole nitrogens is 1. The molecule has 9 atom stereocenters. The molecule has 1 aromatic carbocycles. The van der Waals surface area contributed by atoms with E-state index in [0.29, 0.717) is 12.4 Å². The van der Waals surface area contributed by atoms with Crippen molar-refractivity contribution in [2.45, 2.75) is 44.6 Å². The van der Waals surface area contributed by atoms with Crippen molar-refractivity contribution in [3.63, 3.8) is 0 Å². The lowest BCUT2D eigenvalue weighted by molar-refractivity contribution is -0.254. The quantitative estimate of drug-likeness (QED) is 0.646. The van der Waals surface area contributed by atoms with E-state index in [1.807, 2.05) is 44.3 Å². The van der Waals surface area contributed by atoms with Gasteiger partial charge in [-0.1, -0.05) is 26.0 Å². The van der Waals surface area contributed by atoms with E-state index in [1.165, 1.54) is 0 Å². The molecule has 27 heavy (non-hydrogen) atoms. The van der Waals surface area contributed by atoms with Crippen molar-refractivity contribution in [2.75, 3.05) is 6.61 Å². The SMILES string of the molecule is CC.POC[C@H]1O[C@@H](Oc2cccc3cc[nH]c23)[C@H](OP)[C@@H](OP)C1OP. The summed E-state index contributed by atoms with van der Waals surface area (Å²) in [4.78, 5) is 3.17. The number of aromatic amines is 1. The molecule has 0 spiro atoms. The van der Waals surface area contributed by atoms with E-state index in [1.54, 1.807) is 0 Å². The zero-order valence-corrected chi connectivity index (χ0v) is 19.9. The van der Waals surface area contributed by atoms with Crippen LogP contribution in [0.2, 0.25) is 0 Å². The standard InChI is InChI=1S/C14H21NO6P4.C2H6/c22-16-6-9-11(19-23)12(20-24)13(21-25)14(18-9)17-8-3-1-2-7-4-5-15-10(7)8;1-2/h1-5,9,11-15H,6,22-25H2;1-2H3/t9-,11?,12+,13-,14-;/m1./s1. The summed E-state index contributed by atoms with van der Waals surface area (Å²) in [5.41, 5.74) is 0.889. The zero-order valence-electron chi connectivity index (χ0n) is 15.2. The summed E-state index contributed by atoms with van der Waals surface area (Å²) in [5.74, 6) is 0.665. The van der Waals surface area contributed by atoms with Crippen LogP contribution in [-0.4, -0.2) is 42.3 Å². The van der Waals surface area contributed by atoms with Crippen molar-refractivity contribution in [2.24, 2.45) is 0 Å². The highest BCUT2D eigenvalue weighted by Crippen LogP contribution is 2.34. The number of nitrogens with one attached hydrogen (secondary N) is 1. The summed E-state index contributed by atoms with van der Waals surface area (Å²) in [6.07, 6.45) is -0.621. The van der Waals surface area contributed by atoms with Crippen LogP contribution in [0.5, 0.6) is 5.75 Å². The van der Waals surface area contributed by atoms with Crippen LogP contribution < -0.4 is 4.74 Å². The topological polar surface area (TPSA) is 71.2 Å². The van der Waals surface area contributed by atoms with Gasteiger partial charge in [0.15, 0.2) is 6.10 Å². The molecular weight excluding hydrogens is 426 g/mol. The zero-order chi connectivity index (χ0) is 19.8. The lowest BCUT2D eigenvalue weighted by Crippen LogP contribution is -2.60. The predicted molar refractivity (Wildman–Crippen MR) is 118 cm³/mol. The smallest absolute Gasteiger partial charge is 0.229 e. The Labute approximate surface area is 169 Å². The number of rotatable bonds is 7. The van der Waals surface area contributed by atoms with Gasteiger partial charge in [-0.3, -0.25) is 0 Å². The van der Waals surface area contributed by atoms with Gasteiger partial charge in [-0.15, -0.1) is 0 Å². The highest BCUT2D eigenvalue weighted by molar-refractivity contribution is 7.10. The van der Waals surface area contributed by atoms with Crippen LogP contribution in [-0.2, 0) is 22.8 Å². The molecule has 0 aliphatic carbocycles. The molecular formula is C16H27NO6P4. The number of ether oxygens (including phenoxy) is 2. The van der Waals surface area contributed by atoms with Gasteiger partial charge in [-0.2, -0.15) is 0 Å². The molecule has 7 nitrogen and oxygen atoms in total. The van der Waals surface area contributed by atoms with Crippen LogP contribution >= 0.6 is 37.9 Å². The number of aromatic nitrogens is 1. The van der Waals surface area contributed by atoms with Gasteiger partial charge in [0.25, 0.3) is 0 Å². The highest BCUT2D eigenvalue weighted by atomic mass is 31.0. The lowest BCUT2D eigenvalue weighted by Gasteiger charge is -2.43. The Bertz CT molecular complexity index is 690. The van der Waals surface area contributed by atoms with Crippen molar-refractivity contribution < 1.29 is 27.6 Å². The molecule has 0 bridgehead atoms. The van der Waals surface area contributed by atoms with E-state index in [-0.39, 0.29) is 0 Å². The number of benzene rings is 1. The van der Waals surface area contributed by atoms with Crippen LogP contribution in [0, 0.1) is 0 Å². The van der Waals surface area contributed by atoms with Crippen molar-refractivity contribution in [3.05, 3.63) is 30.5 Å². The Kier molecular flexibility index (Phi) is 10.3. The Hall–Kier alpha value is 0.0800. The predicted octanol–water partition coefficient (Wildman–Crippen LogP) is 3.63. The van der Waals surface area contributed by atoms with Crippen LogP contribution in [0.3, 0.4) is 0 Å². The van der Waals surface area contributed by atoms with Crippen LogP contribution in [0.1, 0.15) is 13.8 Å². The highest BCUT2D eigenvalue weighted by Gasteiger charge is 2.48. The molecule has 1 N–H and O–H groups in total. The fourth-order valence-electron chi connectivity index (χ4n) is 2.95. The van der Waals surface area contributed by atoms with Gasteiger partial charge < -0.3 is 32.6 Å². The largest absolute Gasteiger partial charge is 0.460 e. The first-order valence-electron chi connectivity index (χ1n) is 8.50. The summed E-state index contributed by atoms with van der Waals surface area (Å²) in [6.45, 7) is 4.30. The number of hydrogen-bond donors (Lipinski definition) is 1. The van der Waals surface area contributed by atoms with Crippen molar-refractivity contribution >= 4 is 48.8 Å². The summed E-state index contributed by atoms with van der Waals surface area (Å²) in [6, 6.07) is 7.78. The molecule has 1 saturated heterocycles. The normalized spacial score (nSPS) is 27.9. The van der Waals surface area contributed by atoms with Gasteiger partial charge >= 0.3 is 0 Å². The maximum Gasteiger partial charge on any atom is 0.229 e. The Morgan fingerprint density at radius 3 is 2.30 bits per heavy atom. The molecule has 1 aromatic heterocycles. The third-order valence-corrected chi connectivity index (χ3v) is 5.25. The Morgan fingerprint density at radius 1 is 0.963 bits per heavy atom. The molecule has 0 radical (unpaired) electrons. The van der Waals surface area contributed by atoms with E-state index in [2.05, 4.69) is 42.9 Å². The lowest BCUT2D eigenvalue weighted by atomic mass is 9.99. The average Bonchev–Trinajstić information content (AvgIpc) is 3.19. The van der Waals surface area contributed by atoms with Gasteiger partial charge in [0, 0.05) is 49.5 Å². The minimum Gasteiger partial charge on any atom is -0.460 e. The van der Waals surface area contributed by atoms with Crippen LogP contribution in [0.25, 0.3) is 10.9 Å². The Balaban J connectivity index is 0.00000126. The van der Waals surface area contributed by atoms with Gasteiger partial charge in [0.1, 0.15) is 24.1 Å². The second-order valence-corrected chi connectivity index (χ2v) is 6.64. The number of para-hydroxylation sites is 1. The molecule has 0 saturated carbocycles. The molecule has 2 aromatic rings. The van der Waals surface area contributed by atoms with E-state index in [9.17, 15) is 0 Å². The van der Waals surface area contributed by atoms with E-state index in [4.69, 9.17) is 27.6 Å². The minimum absolute atomic E-state index is 0.296. The minimum atomic E-state index is -0.710. The third-order valence-electron chi connectivity index (χ3n) is 4.12. The molecule has 1 aliphatic rings. The molecule has 1 fully saturated rings. The van der Waals surface area contributed by atoms with E-state index >= 15 is 0 Å². The van der Waals surface area contributed by atoms with Crippen LogP contribution in [0.4, 0.5) is 0 Å². The summed E-state index contributed by atoms with van der Waals surface area (Å²) < 4.78 is 33.8. The first-order chi connectivity index (χ1) is 13.2. The molecule has 152 valence electrons. The molecule has 5 unspecified atom stereocenters. The fraction of sp³-hybridized carbons (Fsp3) is 0.500. The van der Waals surface area contributed by atoms with Gasteiger partial charge in [0.2, 0.25) is 6.29 Å². The van der Waals surface area contributed by atoms with Crippen molar-refractivity contribution in [1.82, 2.24) is 4.98 Å². The molecule has 0 amide bonds. The average molecular weight is 453 g/mol. The summed E-state index contributed by atoms with van der Waals surface area (Å²) in [7, 11) is 8.93. The number of hydrogen-bond acceptors (Lipinski definition) is 6. The maximum absolute atomic E-state index is 6.13. The van der Waals surface area contributed by atoms with Crippen molar-refractivity contribution in [3.8, 4) is 5.75 Å².